The largest absolute Gasteiger partial charge is 0.393 e. The molecule has 3 rings (SSSR count). The zero-order valence-corrected chi connectivity index (χ0v) is 12.8. The monoisotopic (exact) mass is 312 g/mol. The van der Waals surface area contributed by atoms with Crippen LogP contribution in [-0.4, -0.2) is 40.1 Å². The second-order valence-corrected chi connectivity index (χ2v) is 6.20. The predicted octanol–water partition coefficient (Wildman–Crippen LogP) is 2.14. The van der Waals surface area contributed by atoms with Crippen LogP contribution in [0.2, 0.25) is 0 Å². The summed E-state index contributed by atoms with van der Waals surface area (Å²) in [6, 6.07) is 9.69. The molecule has 0 aliphatic carbocycles. The van der Waals surface area contributed by atoms with E-state index in [-0.39, 0.29) is 12.0 Å². The molecule has 0 spiro atoms. The van der Waals surface area contributed by atoms with E-state index in [9.17, 15) is 9.90 Å². The van der Waals surface area contributed by atoms with Gasteiger partial charge >= 0.3 is 0 Å². The molecule has 4 nitrogen and oxygen atoms in total. The summed E-state index contributed by atoms with van der Waals surface area (Å²) in [5, 5.41) is 10.1. The summed E-state index contributed by atoms with van der Waals surface area (Å²) in [4.78, 5) is 18.9. The Labute approximate surface area is 133 Å². The highest BCUT2D eigenvalue weighted by atomic mass is 32.1. The van der Waals surface area contributed by atoms with E-state index in [0.717, 1.165) is 5.56 Å². The van der Waals surface area contributed by atoms with Crippen LogP contribution in [0.1, 0.15) is 33.1 Å². The smallest absolute Gasteiger partial charge is 0.265 e. The van der Waals surface area contributed by atoms with Crippen LogP contribution in [0.25, 0.3) is 0 Å². The molecule has 1 fully saturated rings. The van der Waals surface area contributed by atoms with Gasteiger partial charge < -0.3 is 10.0 Å². The van der Waals surface area contributed by atoms with E-state index in [2.05, 4.69) is 16.8 Å². The van der Waals surface area contributed by atoms with Gasteiger partial charge in [-0.3, -0.25) is 4.79 Å². The third-order valence-electron chi connectivity index (χ3n) is 3.56. The molecule has 5 heteroatoms. The molecular formula is C17H16N2O2S. The molecule has 0 unspecified atom stereocenters. The fraction of sp³-hybridized carbons (Fsp3) is 0.294. The van der Waals surface area contributed by atoms with Gasteiger partial charge in [0.05, 0.1) is 12.3 Å². The number of aliphatic hydroxyl groups excluding tert-OH is 1. The second-order valence-electron chi connectivity index (χ2n) is 5.17. The Hall–Kier alpha value is -2.16. The van der Waals surface area contributed by atoms with E-state index >= 15 is 0 Å². The molecule has 2 aromatic rings. The molecule has 1 aliphatic heterocycles. The first-order valence-electron chi connectivity index (χ1n) is 7.22. The number of benzene rings is 1. The average molecular weight is 312 g/mol. The molecule has 1 aliphatic rings. The molecule has 0 bridgehead atoms. The maximum absolute atomic E-state index is 12.4. The molecule has 1 amide bonds. The van der Waals surface area contributed by atoms with E-state index < -0.39 is 0 Å². The van der Waals surface area contributed by atoms with Crippen LogP contribution in [0.5, 0.6) is 0 Å². The number of carbonyl (C=O) groups is 1. The Balaban J connectivity index is 1.69. The molecule has 0 saturated carbocycles. The number of hydrogen-bond acceptors (Lipinski definition) is 4. The van der Waals surface area contributed by atoms with Gasteiger partial charge in [0.2, 0.25) is 0 Å². The lowest BCUT2D eigenvalue weighted by molar-refractivity contribution is 0.0550. The van der Waals surface area contributed by atoms with Crippen molar-refractivity contribution in [2.75, 3.05) is 13.1 Å². The number of thiazole rings is 1. The predicted molar refractivity (Wildman–Crippen MR) is 85.7 cm³/mol. The highest BCUT2D eigenvalue weighted by molar-refractivity contribution is 7.14. The van der Waals surface area contributed by atoms with Crippen molar-refractivity contribution in [3.05, 3.63) is 52.0 Å². The lowest BCUT2D eigenvalue weighted by Crippen LogP contribution is -2.39. The van der Waals surface area contributed by atoms with Crippen molar-refractivity contribution in [1.29, 1.82) is 0 Å². The number of likely N-dealkylation sites (tertiary alicyclic amines) is 1. The van der Waals surface area contributed by atoms with Gasteiger partial charge in [0.1, 0.15) is 4.88 Å². The quantitative estimate of drug-likeness (QED) is 0.821. The lowest BCUT2D eigenvalue weighted by atomic mass is 10.1. The number of rotatable bonds is 1. The third-order valence-corrected chi connectivity index (χ3v) is 4.46. The highest BCUT2D eigenvalue weighted by Crippen LogP contribution is 2.18. The summed E-state index contributed by atoms with van der Waals surface area (Å²) in [6.45, 7) is 1.20. The SMILES string of the molecule is O=C(c1cnc(C#Cc2ccccc2)s1)N1CCC(O)CC1. The highest BCUT2D eigenvalue weighted by Gasteiger charge is 2.23. The Bertz CT molecular complexity index is 707. The average Bonchev–Trinajstić information content (AvgIpc) is 3.03. The van der Waals surface area contributed by atoms with E-state index in [4.69, 9.17) is 0 Å². The number of aromatic nitrogens is 1. The van der Waals surface area contributed by atoms with Gasteiger partial charge in [-0.15, -0.1) is 11.3 Å². The topological polar surface area (TPSA) is 53.4 Å². The molecular weight excluding hydrogens is 296 g/mol. The first-order chi connectivity index (χ1) is 10.7. The van der Waals surface area contributed by atoms with Gasteiger partial charge in [-0.25, -0.2) is 4.98 Å². The van der Waals surface area contributed by atoms with Crippen LogP contribution < -0.4 is 0 Å². The summed E-state index contributed by atoms with van der Waals surface area (Å²) in [5.41, 5.74) is 0.926. The number of carbonyl (C=O) groups excluding carboxylic acids is 1. The van der Waals surface area contributed by atoms with E-state index in [1.54, 1.807) is 11.1 Å². The maximum Gasteiger partial charge on any atom is 0.265 e. The van der Waals surface area contributed by atoms with Gasteiger partial charge in [0.25, 0.3) is 5.91 Å². The molecule has 1 saturated heterocycles. The van der Waals surface area contributed by atoms with Crippen LogP contribution in [0.3, 0.4) is 0 Å². The van der Waals surface area contributed by atoms with Crippen molar-refractivity contribution >= 4 is 17.2 Å². The standard InChI is InChI=1S/C17H16N2O2S/c20-14-8-10-19(11-9-14)17(21)15-12-18-16(22-15)7-6-13-4-2-1-3-5-13/h1-5,12,14,20H,8-11H2. The van der Waals surface area contributed by atoms with Gasteiger partial charge in [0, 0.05) is 18.7 Å². The van der Waals surface area contributed by atoms with Gasteiger partial charge in [-0.05, 0) is 30.9 Å². The molecule has 1 aromatic heterocycles. The summed E-state index contributed by atoms with van der Waals surface area (Å²) in [5.74, 6) is 6.01. The van der Waals surface area contributed by atoms with Gasteiger partial charge in [-0.2, -0.15) is 0 Å². The number of amides is 1. The molecule has 0 radical (unpaired) electrons. The van der Waals surface area contributed by atoms with Crippen molar-refractivity contribution in [3.63, 3.8) is 0 Å². The molecule has 112 valence electrons. The Morgan fingerprint density at radius 1 is 1.23 bits per heavy atom. The third kappa shape index (κ3) is 3.53. The van der Waals surface area contributed by atoms with Gasteiger partial charge in [0.15, 0.2) is 5.01 Å². The summed E-state index contributed by atoms with van der Waals surface area (Å²) in [6.07, 6.45) is 2.60. The van der Waals surface area contributed by atoms with E-state index in [1.807, 2.05) is 30.3 Å². The fourth-order valence-electron chi connectivity index (χ4n) is 2.30. The fourth-order valence-corrected chi connectivity index (χ4v) is 3.04. The number of piperidine rings is 1. The van der Waals surface area contributed by atoms with Crippen LogP contribution in [0.4, 0.5) is 0 Å². The van der Waals surface area contributed by atoms with Crippen molar-refractivity contribution < 1.29 is 9.90 Å². The Kier molecular flexibility index (Phi) is 4.52. The summed E-state index contributed by atoms with van der Waals surface area (Å²) < 4.78 is 0. The number of nitrogens with zero attached hydrogens (tertiary/aromatic N) is 2. The second kappa shape index (κ2) is 6.73. The van der Waals surface area contributed by atoms with Crippen molar-refractivity contribution in [1.82, 2.24) is 9.88 Å². The van der Waals surface area contributed by atoms with E-state index in [1.165, 1.54) is 11.3 Å². The Morgan fingerprint density at radius 2 is 1.95 bits per heavy atom. The number of aliphatic hydroxyl groups is 1. The van der Waals surface area contributed by atoms with Crippen molar-refractivity contribution in [3.8, 4) is 11.8 Å². The molecule has 1 N–H and O–H groups in total. The molecule has 22 heavy (non-hydrogen) atoms. The molecule has 1 aromatic carbocycles. The maximum atomic E-state index is 12.4. The van der Waals surface area contributed by atoms with E-state index in [0.29, 0.717) is 35.8 Å². The van der Waals surface area contributed by atoms with Crippen LogP contribution in [-0.2, 0) is 0 Å². The summed E-state index contributed by atoms with van der Waals surface area (Å²) >= 11 is 1.32. The van der Waals surface area contributed by atoms with Crippen LogP contribution in [0.15, 0.2) is 36.5 Å². The van der Waals surface area contributed by atoms with Crippen LogP contribution >= 0.6 is 11.3 Å². The minimum absolute atomic E-state index is 0.0165. The summed E-state index contributed by atoms with van der Waals surface area (Å²) in [7, 11) is 0. The zero-order valence-electron chi connectivity index (χ0n) is 12.0. The first-order valence-corrected chi connectivity index (χ1v) is 8.04. The molecule has 2 heterocycles. The van der Waals surface area contributed by atoms with Crippen LogP contribution in [0, 0.1) is 11.8 Å². The zero-order chi connectivity index (χ0) is 15.4. The normalized spacial score (nSPS) is 15.2. The van der Waals surface area contributed by atoms with Gasteiger partial charge in [-0.1, -0.05) is 24.1 Å². The lowest BCUT2D eigenvalue weighted by Gasteiger charge is -2.29. The minimum atomic E-state index is -0.280. The Morgan fingerprint density at radius 3 is 2.68 bits per heavy atom. The molecule has 0 atom stereocenters. The van der Waals surface area contributed by atoms with Crippen molar-refractivity contribution in [2.45, 2.75) is 18.9 Å². The van der Waals surface area contributed by atoms with Crippen molar-refractivity contribution in [2.24, 2.45) is 0 Å². The number of hydrogen-bond donors (Lipinski definition) is 1. The first kappa shape index (κ1) is 14.8. The minimum Gasteiger partial charge on any atom is -0.393 e.